The van der Waals surface area contributed by atoms with Crippen molar-refractivity contribution in [3.8, 4) is 0 Å². The van der Waals surface area contributed by atoms with Crippen LogP contribution in [0.25, 0.3) is 0 Å². The van der Waals surface area contributed by atoms with Crippen LogP contribution in [0, 0.1) is 0 Å². The van der Waals surface area contributed by atoms with Gasteiger partial charge >= 0.3 is 0 Å². The van der Waals surface area contributed by atoms with Gasteiger partial charge in [-0.05, 0) is 12.1 Å². The molecule has 1 heterocycles. The van der Waals surface area contributed by atoms with E-state index >= 15 is 0 Å². The third-order valence-corrected chi connectivity index (χ3v) is 3.81. The Morgan fingerprint density at radius 2 is 1.85 bits per heavy atom. The summed E-state index contributed by atoms with van der Waals surface area (Å²) in [7, 11) is 0. The lowest BCUT2D eigenvalue weighted by atomic mass is 9.97. The standard InChI is InChI=1S/C13H16N2O5/c16-6-13-10(8(17)9(18)11(13)19)15-12(20-13)14-7-4-2-1-3-5-7/h1-5,8-11,16-19H,6H2,(H,14,15)/t8-,9-,10?,11+,13-/m1/s1. The maximum atomic E-state index is 9.98. The second-order valence-electron chi connectivity index (χ2n) is 5.01. The Hall–Kier alpha value is -1.67. The summed E-state index contributed by atoms with van der Waals surface area (Å²) in [6, 6.07) is 8.29. The van der Waals surface area contributed by atoms with Crippen LogP contribution in [-0.4, -0.2) is 63.0 Å². The van der Waals surface area contributed by atoms with Crippen LogP contribution in [0.1, 0.15) is 0 Å². The average molecular weight is 280 g/mol. The summed E-state index contributed by atoms with van der Waals surface area (Å²) in [5, 5.41) is 41.9. The maximum Gasteiger partial charge on any atom is 0.290 e. The van der Waals surface area contributed by atoms with E-state index < -0.39 is 36.6 Å². The third-order valence-electron chi connectivity index (χ3n) is 3.81. The highest BCUT2D eigenvalue weighted by molar-refractivity contribution is 5.91. The van der Waals surface area contributed by atoms with Crippen LogP contribution >= 0.6 is 0 Å². The van der Waals surface area contributed by atoms with E-state index in [1.807, 2.05) is 18.2 Å². The molecule has 1 aliphatic heterocycles. The van der Waals surface area contributed by atoms with Gasteiger partial charge in [0.1, 0.15) is 24.4 Å². The molecule has 1 aromatic rings. The van der Waals surface area contributed by atoms with Crippen molar-refractivity contribution in [2.45, 2.75) is 30.0 Å². The summed E-state index contributed by atoms with van der Waals surface area (Å²) in [6.07, 6.45) is -4.09. The van der Waals surface area contributed by atoms with Gasteiger partial charge in [-0.25, -0.2) is 4.99 Å². The van der Waals surface area contributed by atoms with E-state index in [4.69, 9.17) is 4.74 Å². The Morgan fingerprint density at radius 3 is 2.45 bits per heavy atom. The van der Waals surface area contributed by atoms with Crippen molar-refractivity contribution in [3.63, 3.8) is 0 Å². The normalized spacial score (nSPS) is 39.1. The van der Waals surface area contributed by atoms with Crippen LogP contribution in [0.3, 0.4) is 0 Å². The second kappa shape index (κ2) is 4.71. The molecular weight excluding hydrogens is 264 g/mol. The summed E-state index contributed by atoms with van der Waals surface area (Å²) >= 11 is 0. The van der Waals surface area contributed by atoms with Gasteiger partial charge in [-0.2, -0.15) is 0 Å². The zero-order valence-electron chi connectivity index (χ0n) is 10.5. The van der Waals surface area contributed by atoms with Gasteiger partial charge in [0.15, 0.2) is 5.60 Å². The maximum absolute atomic E-state index is 9.98. The van der Waals surface area contributed by atoms with Crippen LogP contribution in [0.5, 0.6) is 0 Å². The number of fused-ring (bicyclic) bond motifs is 1. The quantitative estimate of drug-likeness (QED) is 0.459. The topological polar surface area (TPSA) is 115 Å². The lowest BCUT2D eigenvalue weighted by Crippen LogP contribution is -2.51. The van der Waals surface area contributed by atoms with E-state index in [0.29, 0.717) is 0 Å². The summed E-state index contributed by atoms with van der Waals surface area (Å²) in [5.74, 6) is 0. The molecule has 1 aromatic carbocycles. The smallest absolute Gasteiger partial charge is 0.290 e. The molecule has 0 spiro atoms. The van der Waals surface area contributed by atoms with Crippen LogP contribution in [0.15, 0.2) is 35.3 Å². The first kappa shape index (κ1) is 13.3. The number of aliphatic hydroxyl groups excluding tert-OH is 4. The van der Waals surface area contributed by atoms with Crippen LogP contribution in [-0.2, 0) is 4.74 Å². The summed E-state index contributed by atoms with van der Waals surface area (Å²) in [6.45, 7) is -0.559. The number of nitrogens with zero attached hydrogens (tertiary/aromatic N) is 1. The molecule has 20 heavy (non-hydrogen) atoms. The number of amidine groups is 1. The average Bonchev–Trinajstić information content (AvgIpc) is 2.92. The van der Waals surface area contributed by atoms with Crippen molar-refractivity contribution in [2.24, 2.45) is 4.99 Å². The molecule has 7 heteroatoms. The van der Waals surface area contributed by atoms with Crippen LogP contribution < -0.4 is 5.32 Å². The monoisotopic (exact) mass is 280 g/mol. The molecule has 0 amide bonds. The highest BCUT2D eigenvalue weighted by Crippen LogP contribution is 2.40. The SMILES string of the molecule is OC[C@@]12OC(Nc3ccccc3)=NC1[C@H](O)[C@@H](O)[C@@H]2O. The number of anilines is 1. The van der Waals surface area contributed by atoms with Crippen molar-refractivity contribution >= 4 is 11.7 Å². The molecule has 0 radical (unpaired) electrons. The van der Waals surface area contributed by atoms with Gasteiger partial charge < -0.3 is 30.5 Å². The van der Waals surface area contributed by atoms with Crippen molar-refractivity contribution in [3.05, 3.63) is 30.3 Å². The summed E-state index contributed by atoms with van der Waals surface area (Å²) in [4.78, 5) is 4.12. The predicted molar refractivity (Wildman–Crippen MR) is 70.2 cm³/mol. The highest BCUT2D eigenvalue weighted by atomic mass is 16.6. The van der Waals surface area contributed by atoms with Crippen molar-refractivity contribution in [2.75, 3.05) is 11.9 Å². The Balaban J connectivity index is 1.85. The first-order chi connectivity index (χ1) is 9.58. The second-order valence-corrected chi connectivity index (χ2v) is 5.01. The highest BCUT2D eigenvalue weighted by Gasteiger charge is 2.65. The van der Waals surface area contributed by atoms with Crippen molar-refractivity contribution < 1.29 is 25.2 Å². The van der Waals surface area contributed by atoms with Gasteiger partial charge in [-0.15, -0.1) is 0 Å². The molecule has 7 nitrogen and oxygen atoms in total. The van der Waals surface area contributed by atoms with Crippen LogP contribution in [0.4, 0.5) is 5.69 Å². The number of aliphatic imine (C=N–C) groups is 1. The Kier molecular flexibility index (Phi) is 3.14. The minimum atomic E-state index is -1.50. The Bertz CT molecular complexity index is 523. The fourth-order valence-corrected chi connectivity index (χ4v) is 2.69. The van der Waals surface area contributed by atoms with E-state index in [2.05, 4.69) is 10.3 Å². The lowest BCUT2D eigenvalue weighted by Gasteiger charge is -2.29. The molecule has 1 fully saturated rings. The molecule has 0 bridgehead atoms. The molecule has 0 saturated heterocycles. The Labute approximate surface area is 115 Å². The van der Waals surface area contributed by atoms with E-state index in [1.54, 1.807) is 12.1 Å². The van der Waals surface area contributed by atoms with E-state index in [-0.39, 0.29) is 6.02 Å². The third kappa shape index (κ3) is 1.79. The zero-order valence-corrected chi connectivity index (χ0v) is 10.5. The van der Waals surface area contributed by atoms with E-state index in [0.717, 1.165) is 5.69 Å². The van der Waals surface area contributed by atoms with Crippen LogP contribution in [0.2, 0.25) is 0 Å². The fraction of sp³-hybridized carbons (Fsp3) is 0.462. The summed E-state index contributed by atoms with van der Waals surface area (Å²) in [5.41, 5.74) is -0.778. The first-order valence-electron chi connectivity index (χ1n) is 6.32. The number of nitrogens with one attached hydrogen (secondary N) is 1. The van der Waals surface area contributed by atoms with Gasteiger partial charge in [0.2, 0.25) is 0 Å². The number of hydrogen-bond acceptors (Lipinski definition) is 7. The molecule has 3 rings (SSSR count). The van der Waals surface area contributed by atoms with Gasteiger partial charge in [0.25, 0.3) is 6.02 Å². The predicted octanol–water partition coefficient (Wildman–Crippen LogP) is -1.32. The number of aliphatic hydroxyl groups is 4. The number of hydrogen-bond donors (Lipinski definition) is 5. The molecule has 1 aliphatic carbocycles. The lowest BCUT2D eigenvalue weighted by molar-refractivity contribution is -0.0995. The molecule has 1 unspecified atom stereocenters. The fourth-order valence-electron chi connectivity index (χ4n) is 2.69. The molecule has 1 saturated carbocycles. The minimum absolute atomic E-state index is 0.0975. The number of rotatable bonds is 2. The largest absolute Gasteiger partial charge is 0.451 e. The van der Waals surface area contributed by atoms with E-state index in [1.165, 1.54) is 0 Å². The summed E-state index contributed by atoms with van der Waals surface area (Å²) < 4.78 is 5.50. The first-order valence-corrected chi connectivity index (χ1v) is 6.32. The van der Waals surface area contributed by atoms with E-state index in [9.17, 15) is 20.4 Å². The van der Waals surface area contributed by atoms with Gasteiger partial charge in [-0.1, -0.05) is 18.2 Å². The molecule has 5 atom stereocenters. The Morgan fingerprint density at radius 1 is 1.15 bits per heavy atom. The molecule has 5 N–H and O–H groups in total. The zero-order chi connectivity index (χ0) is 14.3. The minimum Gasteiger partial charge on any atom is -0.451 e. The number of ether oxygens (including phenoxy) is 1. The van der Waals surface area contributed by atoms with Gasteiger partial charge in [-0.3, -0.25) is 0 Å². The van der Waals surface area contributed by atoms with Gasteiger partial charge in [0, 0.05) is 5.69 Å². The van der Waals surface area contributed by atoms with Gasteiger partial charge in [0.05, 0.1) is 6.61 Å². The number of benzene rings is 1. The molecule has 0 aromatic heterocycles. The molecular formula is C13H16N2O5. The molecule has 2 aliphatic rings. The van der Waals surface area contributed by atoms with Crippen molar-refractivity contribution in [1.29, 1.82) is 0 Å². The van der Waals surface area contributed by atoms with Crippen molar-refractivity contribution in [1.82, 2.24) is 0 Å². The number of para-hydroxylation sites is 1. The molecule has 108 valence electrons.